The van der Waals surface area contributed by atoms with E-state index in [2.05, 4.69) is 5.32 Å². The number of esters is 1. The molecule has 154 valence electrons. The van der Waals surface area contributed by atoms with Crippen LogP contribution in [0.15, 0.2) is 72.8 Å². The molecule has 31 heavy (non-hydrogen) atoms. The van der Waals surface area contributed by atoms with Gasteiger partial charge >= 0.3 is 5.97 Å². The van der Waals surface area contributed by atoms with Crippen molar-refractivity contribution in [3.63, 3.8) is 0 Å². The minimum Gasteiger partial charge on any atom is -0.452 e. The first-order chi connectivity index (χ1) is 14.9. The zero-order valence-corrected chi connectivity index (χ0v) is 16.0. The van der Waals surface area contributed by atoms with Crippen LogP contribution in [0.5, 0.6) is 0 Å². The number of benzene rings is 4. The Morgan fingerprint density at radius 2 is 1.55 bits per heavy atom. The summed E-state index contributed by atoms with van der Waals surface area (Å²) in [7, 11) is 0. The highest BCUT2D eigenvalue weighted by molar-refractivity contribution is 6.16. The van der Waals surface area contributed by atoms with Gasteiger partial charge in [0.05, 0.1) is 16.2 Å². The second-order valence-electron chi connectivity index (χ2n) is 6.74. The van der Waals surface area contributed by atoms with E-state index in [9.17, 15) is 24.1 Å². The molecule has 0 unspecified atom stereocenters. The number of fused-ring (bicyclic) bond motifs is 2. The van der Waals surface area contributed by atoms with Crippen molar-refractivity contribution in [1.82, 2.24) is 0 Å². The van der Waals surface area contributed by atoms with E-state index in [1.54, 1.807) is 24.3 Å². The van der Waals surface area contributed by atoms with Crippen LogP contribution in [0.2, 0.25) is 0 Å². The fourth-order valence-corrected chi connectivity index (χ4v) is 3.35. The number of carbonyl (C=O) groups is 2. The van der Waals surface area contributed by atoms with Crippen molar-refractivity contribution in [2.45, 2.75) is 0 Å². The van der Waals surface area contributed by atoms with Crippen LogP contribution in [0.4, 0.5) is 15.8 Å². The van der Waals surface area contributed by atoms with Crippen molar-refractivity contribution in [2.24, 2.45) is 0 Å². The van der Waals surface area contributed by atoms with Crippen LogP contribution in [0.1, 0.15) is 10.4 Å². The monoisotopic (exact) mass is 418 g/mol. The quantitative estimate of drug-likeness (QED) is 0.217. The summed E-state index contributed by atoms with van der Waals surface area (Å²) in [6, 6.07) is 19.3. The molecule has 0 fully saturated rings. The summed E-state index contributed by atoms with van der Waals surface area (Å²) in [5.41, 5.74) is -0.426. The average Bonchev–Trinajstić information content (AvgIpc) is 2.77. The van der Waals surface area contributed by atoms with Crippen LogP contribution in [0.3, 0.4) is 0 Å². The van der Waals surface area contributed by atoms with E-state index in [1.165, 1.54) is 0 Å². The summed E-state index contributed by atoms with van der Waals surface area (Å²) in [5, 5.41) is 16.1. The van der Waals surface area contributed by atoms with Crippen LogP contribution in [0.25, 0.3) is 21.5 Å². The van der Waals surface area contributed by atoms with Gasteiger partial charge in [0.15, 0.2) is 6.61 Å². The van der Waals surface area contributed by atoms with Crippen LogP contribution in [-0.4, -0.2) is 23.4 Å². The molecule has 1 amide bonds. The Balaban J connectivity index is 1.57. The van der Waals surface area contributed by atoms with Crippen molar-refractivity contribution in [2.75, 3.05) is 11.9 Å². The van der Waals surface area contributed by atoms with Gasteiger partial charge in [0.1, 0.15) is 5.82 Å². The summed E-state index contributed by atoms with van der Waals surface area (Å²) < 4.78 is 19.0. The molecular formula is C23H15FN2O5. The number of hydrogen-bond donors (Lipinski definition) is 1. The van der Waals surface area contributed by atoms with E-state index in [0.29, 0.717) is 16.3 Å². The number of rotatable bonds is 5. The zero-order valence-electron chi connectivity index (χ0n) is 16.0. The summed E-state index contributed by atoms with van der Waals surface area (Å²) in [6.45, 7) is -0.682. The molecule has 4 aromatic rings. The van der Waals surface area contributed by atoms with Crippen LogP contribution in [0, 0.1) is 15.9 Å². The fourth-order valence-electron chi connectivity index (χ4n) is 3.35. The number of amides is 1. The second-order valence-corrected chi connectivity index (χ2v) is 6.74. The van der Waals surface area contributed by atoms with Gasteiger partial charge in [0.25, 0.3) is 11.6 Å². The maximum absolute atomic E-state index is 13.9. The molecule has 0 saturated carbocycles. The molecule has 0 saturated heterocycles. The molecule has 0 spiro atoms. The Kier molecular flexibility index (Phi) is 5.28. The van der Waals surface area contributed by atoms with Crippen molar-refractivity contribution < 1.29 is 23.6 Å². The highest BCUT2D eigenvalue weighted by atomic mass is 19.1. The second kappa shape index (κ2) is 8.19. The highest BCUT2D eigenvalue weighted by Crippen LogP contribution is 2.29. The van der Waals surface area contributed by atoms with E-state index in [-0.39, 0.29) is 11.4 Å². The number of nitrogens with zero attached hydrogens (tertiary/aromatic N) is 1. The fraction of sp³-hybridized carbons (Fsp3) is 0.0435. The molecule has 0 aliphatic carbocycles. The number of non-ortho nitro benzene ring substituents is 1. The number of anilines is 1. The van der Waals surface area contributed by atoms with E-state index in [4.69, 9.17) is 4.74 Å². The van der Waals surface area contributed by atoms with Gasteiger partial charge in [-0.3, -0.25) is 14.9 Å². The predicted molar refractivity (Wildman–Crippen MR) is 113 cm³/mol. The molecule has 0 heterocycles. The molecule has 0 radical (unpaired) electrons. The first kappa shape index (κ1) is 20.0. The molecule has 8 heteroatoms. The number of halogens is 1. The molecule has 0 aliphatic heterocycles. The molecule has 0 aromatic heterocycles. The van der Waals surface area contributed by atoms with E-state index in [1.807, 2.05) is 30.3 Å². The van der Waals surface area contributed by atoms with Gasteiger partial charge in [-0.25, -0.2) is 9.18 Å². The lowest BCUT2D eigenvalue weighted by Gasteiger charge is -2.12. The van der Waals surface area contributed by atoms with E-state index < -0.39 is 29.2 Å². The minimum absolute atomic E-state index is 0.322. The maximum Gasteiger partial charge on any atom is 0.339 e. The minimum atomic E-state index is -0.842. The van der Waals surface area contributed by atoms with Crippen LogP contribution in [-0.2, 0) is 9.53 Å². The van der Waals surface area contributed by atoms with Gasteiger partial charge in [-0.2, -0.15) is 0 Å². The highest BCUT2D eigenvalue weighted by Gasteiger charge is 2.18. The standard InChI is InChI=1S/C23H15FN2O5/c24-19-10-9-16(26(29)30)12-20(19)25-21(27)13-31-23(28)22-17-7-3-1-5-14(17)11-15-6-2-4-8-18(15)22/h1-12H,13H2,(H,25,27). The largest absolute Gasteiger partial charge is 0.452 e. The third kappa shape index (κ3) is 4.04. The molecule has 0 aliphatic rings. The molecule has 7 nitrogen and oxygen atoms in total. The molecule has 1 N–H and O–H groups in total. The first-order valence-corrected chi connectivity index (χ1v) is 9.25. The van der Waals surface area contributed by atoms with Crippen molar-refractivity contribution in [1.29, 1.82) is 0 Å². The molecular weight excluding hydrogens is 403 g/mol. The Bertz CT molecular complexity index is 1300. The number of nitro benzene ring substituents is 1. The number of nitro groups is 1. The summed E-state index contributed by atoms with van der Waals surface area (Å²) >= 11 is 0. The Morgan fingerprint density at radius 1 is 0.935 bits per heavy atom. The molecule has 4 rings (SSSR count). The summed E-state index contributed by atoms with van der Waals surface area (Å²) in [6.07, 6.45) is 0. The van der Waals surface area contributed by atoms with Gasteiger partial charge in [0, 0.05) is 12.1 Å². The first-order valence-electron chi connectivity index (χ1n) is 9.25. The molecule has 0 atom stereocenters. The SMILES string of the molecule is O=C(COC(=O)c1c2ccccc2cc2ccccc12)Nc1cc([N+](=O)[O-])ccc1F. The van der Waals surface area contributed by atoms with Gasteiger partial charge in [-0.15, -0.1) is 0 Å². The van der Waals surface area contributed by atoms with Gasteiger partial charge in [-0.05, 0) is 33.7 Å². The number of ether oxygens (including phenoxy) is 1. The Labute approximate surface area is 175 Å². The van der Waals surface area contributed by atoms with Gasteiger partial charge in [0.2, 0.25) is 0 Å². The lowest BCUT2D eigenvalue weighted by molar-refractivity contribution is -0.384. The third-order valence-corrected chi connectivity index (χ3v) is 4.74. The number of hydrogen-bond acceptors (Lipinski definition) is 5. The average molecular weight is 418 g/mol. The Morgan fingerprint density at radius 3 is 2.16 bits per heavy atom. The van der Waals surface area contributed by atoms with Crippen molar-refractivity contribution in [3.8, 4) is 0 Å². The predicted octanol–water partition coefficient (Wildman–Crippen LogP) is 4.84. The molecule has 0 bridgehead atoms. The number of carbonyl (C=O) groups excluding carboxylic acids is 2. The van der Waals surface area contributed by atoms with Gasteiger partial charge < -0.3 is 10.1 Å². The summed E-state index contributed by atoms with van der Waals surface area (Å²) in [5.74, 6) is -2.37. The molecule has 4 aromatic carbocycles. The summed E-state index contributed by atoms with van der Waals surface area (Å²) in [4.78, 5) is 35.2. The zero-order chi connectivity index (χ0) is 22.0. The smallest absolute Gasteiger partial charge is 0.339 e. The van der Waals surface area contributed by atoms with Crippen LogP contribution < -0.4 is 5.32 Å². The lowest BCUT2D eigenvalue weighted by Crippen LogP contribution is -2.21. The van der Waals surface area contributed by atoms with Crippen molar-refractivity contribution in [3.05, 3.63) is 94.3 Å². The van der Waals surface area contributed by atoms with E-state index in [0.717, 1.165) is 29.0 Å². The van der Waals surface area contributed by atoms with Crippen LogP contribution >= 0.6 is 0 Å². The Hall–Kier alpha value is -4.33. The lowest BCUT2D eigenvalue weighted by atomic mass is 9.97. The van der Waals surface area contributed by atoms with E-state index >= 15 is 0 Å². The topological polar surface area (TPSA) is 98.5 Å². The normalized spacial score (nSPS) is 10.7. The number of nitrogens with one attached hydrogen (secondary N) is 1. The third-order valence-electron chi connectivity index (χ3n) is 4.74. The maximum atomic E-state index is 13.9. The van der Waals surface area contributed by atoms with Crippen molar-refractivity contribution >= 4 is 44.8 Å². The van der Waals surface area contributed by atoms with Gasteiger partial charge in [-0.1, -0.05) is 48.5 Å².